The fourth-order valence-electron chi connectivity index (χ4n) is 1.38. The molecule has 17 heavy (non-hydrogen) atoms. The van der Waals surface area contributed by atoms with Crippen molar-refractivity contribution in [3.63, 3.8) is 0 Å². The van der Waals surface area contributed by atoms with E-state index in [4.69, 9.17) is 4.84 Å². The van der Waals surface area contributed by atoms with Crippen molar-refractivity contribution >= 4 is 22.6 Å². The summed E-state index contributed by atoms with van der Waals surface area (Å²) in [4.78, 5) is 27.1. The summed E-state index contributed by atoms with van der Waals surface area (Å²) in [6.45, 7) is 1.65. The fraction of sp³-hybridized carbons (Fsp3) is 0.200. The topological polar surface area (TPSA) is 87.3 Å². The quantitative estimate of drug-likeness (QED) is 0.591. The van der Waals surface area contributed by atoms with E-state index in [0.29, 0.717) is 10.9 Å². The molecule has 7 heteroatoms. The minimum Gasteiger partial charge on any atom is -0.319 e. The lowest BCUT2D eigenvalue weighted by Crippen LogP contribution is -2.18. The number of hydrogen-bond donors (Lipinski definition) is 0. The van der Waals surface area contributed by atoms with E-state index in [1.54, 1.807) is 13.0 Å². The van der Waals surface area contributed by atoms with Gasteiger partial charge in [0.1, 0.15) is 10.9 Å². The Balaban J connectivity index is 2.46. The lowest BCUT2D eigenvalue weighted by molar-refractivity contribution is -0.383. The average Bonchev–Trinajstić information content (AvgIpc) is 2.70. The van der Waals surface area contributed by atoms with Crippen molar-refractivity contribution in [1.82, 2.24) is 9.94 Å². The number of benzene rings is 1. The van der Waals surface area contributed by atoms with E-state index >= 15 is 0 Å². The lowest BCUT2D eigenvalue weighted by Gasteiger charge is -1.98. The van der Waals surface area contributed by atoms with E-state index in [1.807, 2.05) is 0 Å². The minimum absolute atomic E-state index is 0.0682. The third-order valence-corrected chi connectivity index (χ3v) is 2.19. The zero-order valence-electron chi connectivity index (χ0n) is 8.99. The molecule has 2 aromatic rings. The maximum Gasteiger partial charge on any atom is 0.334 e. The lowest BCUT2D eigenvalue weighted by atomic mass is 10.2. The van der Waals surface area contributed by atoms with Gasteiger partial charge in [0.25, 0.3) is 5.69 Å². The molecule has 2 rings (SSSR count). The number of nitro groups is 1. The SMILES string of the molecule is CCC(=O)On1cc2c([N+](=O)[O-])cccc2n1. The molecule has 0 radical (unpaired) electrons. The van der Waals surface area contributed by atoms with Crippen molar-refractivity contribution in [2.75, 3.05) is 0 Å². The second-order valence-electron chi connectivity index (χ2n) is 3.32. The Bertz CT molecular complexity index is 590. The molecule has 0 aliphatic carbocycles. The van der Waals surface area contributed by atoms with Crippen LogP contribution in [0.1, 0.15) is 13.3 Å². The Kier molecular flexibility index (Phi) is 2.73. The van der Waals surface area contributed by atoms with E-state index in [2.05, 4.69) is 5.10 Å². The van der Waals surface area contributed by atoms with E-state index in [9.17, 15) is 14.9 Å². The summed E-state index contributed by atoms with van der Waals surface area (Å²) >= 11 is 0. The first kappa shape index (κ1) is 11.1. The normalized spacial score (nSPS) is 10.4. The maximum absolute atomic E-state index is 11.1. The Labute approximate surface area is 95.7 Å². The Morgan fingerprint density at radius 3 is 3.00 bits per heavy atom. The highest BCUT2D eigenvalue weighted by Gasteiger charge is 2.15. The standard InChI is InChI=1S/C10H9N3O4/c1-2-10(14)17-12-6-7-8(11-12)4-3-5-9(7)13(15)16/h3-6H,2H2,1H3. The van der Waals surface area contributed by atoms with Crippen LogP contribution in [0.3, 0.4) is 0 Å². The molecule has 0 aliphatic rings. The van der Waals surface area contributed by atoms with Crippen molar-refractivity contribution < 1.29 is 14.6 Å². The molecule has 0 fully saturated rings. The number of hydrogen-bond acceptors (Lipinski definition) is 5. The van der Waals surface area contributed by atoms with Crippen molar-refractivity contribution in [1.29, 1.82) is 0 Å². The van der Waals surface area contributed by atoms with Crippen LogP contribution in [0.5, 0.6) is 0 Å². The van der Waals surface area contributed by atoms with Crippen LogP contribution in [0, 0.1) is 10.1 Å². The first-order valence-electron chi connectivity index (χ1n) is 4.95. The fourth-order valence-corrected chi connectivity index (χ4v) is 1.38. The number of carbonyl (C=O) groups excluding carboxylic acids is 1. The van der Waals surface area contributed by atoms with E-state index in [1.165, 1.54) is 18.3 Å². The van der Waals surface area contributed by atoms with Gasteiger partial charge < -0.3 is 4.84 Å². The summed E-state index contributed by atoms with van der Waals surface area (Å²) in [5, 5.41) is 15.0. The highest BCUT2D eigenvalue weighted by molar-refractivity contribution is 5.87. The van der Waals surface area contributed by atoms with Crippen molar-refractivity contribution in [2.24, 2.45) is 0 Å². The molecule has 0 bridgehead atoms. The van der Waals surface area contributed by atoms with Gasteiger partial charge in [-0.05, 0) is 6.07 Å². The molecule has 1 aromatic heterocycles. The molecule has 88 valence electrons. The van der Waals surface area contributed by atoms with Gasteiger partial charge in [-0.2, -0.15) is 0 Å². The van der Waals surface area contributed by atoms with Gasteiger partial charge in [-0.15, -0.1) is 5.10 Å². The molecule has 0 spiro atoms. The molecular weight excluding hydrogens is 226 g/mol. The summed E-state index contributed by atoms with van der Waals surface area (Å²) in [6.07, 6.45) is 1.53. The van der Waals surface area contributed by atoms with Crippen LogP contribution in [0.15, 0.2) is 24.4 Å². The molecule has 0 aliphatic heterocycles. The van der Waals surface area contributed by atoms with E-state index < -0.39 is 10.9 Å². The highest BCUT2D eigenvalue weighted by atomic mass is 16.7. The number of carbonyl (C=O) groups is 1. The summed E-state index contributed by atoms with van der Waals surface area (Å²) in [5.74, 6) is -0.458. The number of aromatic nitrogens is 2. The number of rotatable bonds is 3. The molecule has 0 amide bonds. The summed E-state index contributed by atoms with van der Waals surface area (Å²) < 4.78 is 0. The third kappa shape index (κ3) is 2.07. The molecule has 7 nitrogen and oxygen atoms in total. The van der Waals surface area contributed by atoms with Gasteiger partial charge in [0.15, 0.2) is 0 Å². The molecule has 0 saturated carbocycles. The van der Waals surface area contributed by atoms with Crippen LogP contribution in [0.25, 0.3) is 10.9 Å². The van der Waals surface area contributed by atoms with Gasteiger partial charge in [0.2, 0.25) is 0 Å². The first-order chi connectivity index (χ1) is 8.11. The van der Waals surface area contributed by atoms with Gasteiger partial charge in [-0.3, -0.25) is 10.1 Å². The van der Waals surface area contributed by atoms with E-state index in [-0.39, 0.29) is 12.1 Å². The number of fused-ring (bicyclic) bond motifs is 1. The second kappa shape index (κ2) is 4.20. The summed E-state index contributed by atoms with van der Waals surface area (Å²) in [6, 6.07) is 4.51. The molecule has 0 N–H and O–H groups in total. The molecule has 0 saturated heterocycles. The van der Waals surface area contributed by atoms with Gasteiger partial charge in [-0.25, -0.2) is 4.79 Å². The minimum atomic E-state index is -0.504. The molecule has 0 atom stereocenters. The van der Waals surface area contributed by atoms with Crippen LogP contribution in [0.2, 0.25) is 0 Å². The van der Waals surface area contributed by atoms with Gasteiger partial charge in [-0.1, -0.05) is 17.8 Å². The number of nitrogens with zero attached hydrogens (tertiary/aromatic N) is 3. The predicted molar refractivity (Wildman–Crippen MR) is 58.3 cm³/mol. The second-order valence-corrected chi connectivity index (χ2v) is 3.32. The Morgan fingerprint density at radius 1 is 1.59 bits per heavy atom. The monoisotopic (exact) mass is 235 g/mol. The Hall–Kier alpha value is -2.44. The summed E-state index contributed by atoms with van der Waals surface area (Å²) in [5.41, 5.74) is 0.337. The number of nitro benzene ring substituents is 1. The highest BCUT2D eigenvalue weighted by Crippen LogP contribution is 2.23. The van der Waals surface area contributed by atoms with Crippen molar-refractivity contribution in [3.05, 3.63) is 34.5 Å². The van der Waals surface area contributed by atoms with Crippen LogP contribution < -0.4 is 4.84 Å². The smallest absolute Gasteiger partial charge is 0.319 e. The number of non-ortho nitro benzene ring substituents is 1. The van der Waals surface area contributed by atoms with Crippen molar-refractivity contribution in [2.45, 2.75) is 13.3 Å². The van der Waals surface area contributed by atoms with E-state index in [0.717, 1.165) is 4.85 Å². The van der Waals surface area contributed by atoms with Crippen LogP contribution >= 0.6 is 0 Å². The first-order valence-corrected chi connectivity index (χ1v) is 4.95. The summed E-state index contributed by atoms with van der Waals surface area (Å²) in [7, 11) is 0. The average molecular weight is 235 g/mol. The molecule has 1 aromatic carbocycles. The predicted octanol–water partition coefficient (Wildman–Crippen LogP) is 1.31. The van der Waals surface area contributed by atoms with Crippen LogP contribution in [-0.2, 0) is 4.79 Å². The maximum atomic E-state index is 11.1. The Morgan fingerprint density at radius 2 is 2.35 bits per heavy atom. The van der Waals surface area contributed by atoms with Crippen molar-refractivity contribution in [3.8, 4) is 0 Å². The third-order valence-electron chi connectivity index (χ3n) is 2.19. The zero-order valence-corrected chi connectivity index (χ0v) is 8.99. The molecule has 0 unspecified atom stereocenters. The van der Waals surface area contributed by atoms with Gasteiger partial charge >= 0.3 is 5.97 Å². The van der Waals surface area contributed by atoms with Gasteiger partial charge in [0.05, 0.1) is 11.1 Å². The molecule has 1 heterocycles. The molecular formula is C10H9N3O4. The van der Waals surface area contributed by atoms with Crippen LogP contribution in [-0.4, -0.2) is 20.8 Å². The zero-order chi connectivity index (χ0) is 12.4. The largest absolute Gasteiger partial charge is 0.334 e. The van der Waals surface area contributed by atoms with Crippen LogP contribution in [0.4, 0.5) is 5.69 Å². The van der Waals surface area contributed by atoms with Gasteiger partial charge in [0, 0.05) is 12.5 Å².